The highest BCUT2D eigenvalue weighted by molar-refractivity contribution is 5.83. The third kappa shape index (κ3) is 6.57. The molecule has 32 heavy (non-hydrogen) atoms. The highest BCUT2D eigenvalue weighted by atomic mass is 16.2. The van der Waals surface area contributed by atoms with E-state index in [2.05, 4.69) is 59.0 Å². The van der Waals surface area contributed by atoms with Crippen LogP contribution in [0, 0.1) is 5.92 Å². The third-order valence-electron chi connectivity index (χ3n) is 5.75. The van der Waals surface area contributed by atoms with E-state index in [1.807, 2.05) is 32.3 Å². The van der Waals surface area contributed by atoms with Crippen LogP contribution < -0.4 is 16.0 Å². The Labute approximate surface area is 191 Å². The number of rotatable bonds is 10. The molecule has 1 heterocycles. The summed E-state index contributed by atoms with van der Waals surface area (Å²) in [7, 11) is 3.99. The lowest BCUT2D eigenvalue weighted by atomic mass is 9.91. The van der Waals surface area contributed by atoms with Crippen molar-refractivity contribution in [2.45, 2.75) is 45.7 Å². The highest BCUT2D eigenvalue weighted by Gasteiger charge is 2.23. The number of carbonyl (C=O) groups excluding carboxylic acids is 2. The van der Waals surface area contributed by atoms with Crippen molar-refractivity contribution in [2.24, 2.45) is 5.92 Å². The van der Waals surface area contributed by atoms with Crippen molar-refractivity contribution < 1.29 is 9.59 Å². The van der Waals surface area contributed by atoms with Gasteiger partial charge in [-0.05, 0) is 54.8 Å². The Kier molecular flexibility index (Phi) is 8.28. The first-order chi connectivity index (χ1) is 15.3. The first-order valence-electron chi connectivity index (χ1n) is 11.5. The second-order valence-corrected chi connectivity index (χ2v) is 9.25. The van der Waals surface area contributed by atoms with Gasteiger partial charge in [0.05, 0.1) is 18.9 Å². The maximum Gasteiger partial charge on any atom is 0.224 e. The molecular formula is C26H36N4O2. The second kappa shape index (κ2) is 11.1. The molecule has 2 aromatic carbocycles. The number of fused-ring (bicyclic) bond motifs is 1. The van der Waals surface area contributed by atoms with Crippen LogP contribution in [-0.4, -0.2) is 43.9 Å². The molecule has 3 N–H and O–H groups in total. The summed E-state index contributed by atoms with van der Waals surface area (Å²) >= 11 is 0. The van der Waals surface area contributed by atoms with E-state index in [1.54, 1.807) is 0 Å². The summed E-state index contributed by atoms with van der Waals surface area (Å²) in [5, 5.41) is 9.59. The van der Waals surface area contributed by atoms with Crippen molar-refractivity contribution >= 4 is 17.5 Å². The summed E-state index contributed by atoms with van der Waals surface area (Å²) in [6.07, 6.45) is 1.64. The third-order valence-corrected chi connectivity index (χ3v) is 5.75. The van der Waals surface area contributed by atoms with E-state index in [0.717, 1.165) is 35.3 Å². The Morgan fingerprint density at radius 3 is 2.66 bits per heavy atom. The number of amides is 2. The van der Waals surface area contributed by atoms with Crippen molar-refractivity contribution in [3.05, 3.63) is 64.7 Å². The van der Waals surface area contributed by atoms with Crippen LogP contribution in [0.3, 0.4) is 0 Å². The summed E-state index contributed by atoms with van der Waals surface area (Å²) in [4.78, 5) is 26.9. The van der Waals surface area contributed by atoms with E-state index in [9.17, 15) is 9.59 Å². The van der Waals surface area contributed by atoms with Crippen molar-refractivity contribution in [3.8, 4) is 0 Å². The molecule has 6 heteroatoms. The van der Waals surface area contributed by atoms with Crippen LogP contribution in [0.15, 0.2) is 42.5 Å². The quantitative estimate of drug-likeness (QED) is 0.534. The van der Waals surface area contributed by atoms with Gasteiger partial charge in [-0.3, -0.25) is 9.59 Å². The molecule has 0 spiro atoms. The van der Waals surface area contributed by atoms with E-state index in [0.29, 0.717) is 31.8 Å². The van der Waals surface area contributed by atoms with Crippen LogP contribution in [0.5, 0.6) is 0 Å². The predicted octanol–water partition coefficient (Wildman–Crippen LogP) is 3.28. The number of nitrogens with zero attached hydrogens (tertiary/aromatic N) is 1. The molecule has 0 saturated heterocycles. The maximum atomic E-state index is 12.8. The maximum absolute atomic E-state index is 12.8. The standard InChI is InChI=1S/C26H36N4O2/c1-18(2)14-19-8-5-6-10-21(19)24(16-26(32)27-12-13-30(3)4)29-23-11-7-9-20-17-28-25(31)15-22(20)23/h5-11,18,24,29H,12-17H2,1-4H3,(H,27,32)(H,28,31). The van der Waals surface area contributed by atoms with Gasteiger partial charge in [0, 0.05) is 25.3 Å². The smallest absolute Gasteiger partial charge is 0.224 e. The molecular weight excluding hydrogens is 400 g/mol. The Bertz CT molecular complexity index is 939. The summed E-state index contributed by atoms with van der Waals surface area (Å²) < 4.78 is 0. The van der Waals surface area contributed by atoms with Gasteiger partial charge in [-0.15, -0.1) is 0 Å². The van der Waals surface area contributed by atoms with Gasteiger partial charge in [0.1, 0.15) is 0 Å². The minimum Gasteiger partial charge on any atom is -0.377 e. The molecule has 1 atom stereocenters. The molecule has 2 aromatic rings. The number of anilines is 1. The minimum absolute atomic E-state index is 0.0197. The topological polar surface area (TPSA) is 73.5 Å². The zero-order valence-corrected chi connectivity index (χ0v) is 19.7. The molecule has 0 radical (unpaired) electrons. The number of likely N-dealkylation sites (N-methyl/N-ethyl adjacent to an activating group) is 1. The highest BCUT2D eigenvalue weighted by Crippen LogP contribution is 2.31. The Morgan fingerprint density at radius 1 is 1.12 bits per heavy atom. The van der Waals surface area contributed by atoms with E-state index in [1.165, 1.54) is 5.56 Å². The fourth-order valence-electron chi connectivity index (χ4n) is 4.16. The average molecular weight is 437 g/mol. The van der Waals surface area contributed by atoms with Crippen LogP contribution in [0.1, 0.15) is 48.6 Å². The van der Waals surface area contributed by atoms with E-state index in [-0.39, 0.29) is 17.9 Å². The number of benzene rings is 2. The number of hydrogen-bond acceptors (Lipinski definition) is 4. The molecule has 0 aliphatic carbocycles. The lowest BCUT2D eigenvalue weighted by Gasteiger charge is -2.27. The Balaban J connectivity index is 1.89. The Morgan fingerprint density at radius 2 is 1.91 bits per heavy atom. The van der Waals surface area contributed by atoms with Crippen molar-refractivity contribution in [1.29, 1.82) is 0 Å². The molecule has 6 nitrogen and oxygen atoms in total. The normalized spacial score (nSPS) is 14.1. The summed E-state index contributed by atoms with van der Waals surface area (Å²) in [6, 6.07) is 14.3. The summed E-state index contributed by atoms with van der Waals surface area (Å²) in [5.74, 6) is 0.565. The monoisotopic (exact) mass is 436 g/mol. The first kappa shape index (κ1) is 23.8. The molecule has 1 unspecified atom stereocenters. The van der Waals surface area contributed by atoms with Crippen LogP contribution in [0.4, 0.5) is 5.69 Å². The zero-order chi connectivity index (χ0) is 23.1. The zero-order valence-electron chi connectivity index (χ0n) is 19.7. The molecule has 3 rings (SSSR count). The van der Waals surface area contributed by atoms with E-state index < -0.39 is 0 Å². The van der Waals surface area contributed by atoms with Crippen LogP contribution >= 0.6 is 0 Å². The average Bonchev–Trinajstić information content (AvgIpc) is 2.73. The van der Waals surface area contributed by atoms with Crippen LogP contribution in [0.2, 0.25) is 0 Å². The van der Waals surface area contributed by atoms with E-state index in [4.69, 9.17) is 0 Å². The lowest BCUT2D eigenvalue weighted by Crippen LogP contribution is -2.34. The molecule has 0 saturated carbocycles. The molecule has 1 aliphatic rings. The second-order valence-electron chi connectivity index (χ2n) is 9.25. The van der Waals surface area contributed by atoms with Gasteiger partial charge in [-0.2, -0.15) is 0 Å². The minimum atomic E-state index is -0.180. The van der Waals surface area contributed by atoms with Gasteiger partial charge in [-0.25, -0.2) is 0 Å². The molecule has 172 valence electrons. The molecule has 0 aromatic heterocycles. The SMILES string of the molecule is CC(C)Cc1ccccc1C(CC(=O)NCCN(C)C)Nc1cccc2c1CC(=O)NC2. The van der Waals surface area contributed by atoms with Gasteiger partial charge in [0.15, 0.2) is 0 Å². The Hall–Kier alpha value is -2.86. The summed E-state index contributed by atoms with van der Waals surface area (Å²) in [5.41, 5.74) is 5.48. The van der Waals surface area contributed by atoms with Crippen LogP contribution in [0.25, 0.3) is 0 Å². The number of carbonyl (C=O) groups is 2. The van der Waals surface area contributed by atoms with Gasteiger partial charge in [-0.1, -0.05) is 50.2 Å². The van der Waals surface area contributed by atoms with Crippen LogP contribution in [-0.2, 0) is 29.0 Å². The fourth-order valence-corrected chi connectivity index (χ4v) is 4.16. The van der Waals surface area contributed by atoms with E-state index >= 15 is 0 Å². The lowest BCUT2D eigenvalue weighted by molar-refractivity contribution is -0.122. The molecule has 0 bridgehead atoms. The fraction of sp³-hybridized carbons (Fsp3) is 0.462. The van der Waals surface area contributed by atoms with Gasteiger partial charge in [0.25, 0.3) is 0 Å². The van der Waals surface area contributed by atoms with Crippen molar-refractivity contribution in [1.82, 2.24) is 15.5 Å². The molecule has 0 fully saturated rings. The predicted molar refractivity (Wildman–Crippen MR) is 130 cm³/mol. The molecule has 1 aliphatic heterocycles. The number of hydrogen-bond donors (Lipinski definition) is 3. The first-order valence-corrected chi connectivity index (χ1v) is 11.5. The summed E-state index contributed by atoms with van der Waals surface area (Å²) in [6.45, 7) is 6.38. The van der Waals surface area contributed by atoms with Gasteiger partial charge in [0.2, 0.25) is 11.8 Å². The largest absolute Gasteiger partial charge is 0.377 e. The van der Waals surface area contributed by atoms with Gasteiger partial charge >= 0.3 is 0 Å². The van der Waals surface area contributed by atoms with Gasteiger partial charge < -0.3 is 20.9 Å². The number of nitrogens with one attached hydrogen (secondary N) is 3. The molecule has 2 amide bonds. The van der Waals surface area contributed by atoms with Crippen molar-refractivity contribution in [2.75, 3.05) is 32.5 Å². The van der Waals surface area contributed by atoms with Crippen molar-refractivity contribution in [3.63, 3.8) is 0 Å².